The van der Waals surface area contributed by atoms with Gasteiger partial charge in [0.05, 0.1) is 5.92 Å². The second kappa shape index (κ2) is 11.7. The van der Waals surface area contributed by atoms with E-state index < -0.39 is 29.8 Å². The summed E-state index contributed by atoms with van der Waals surface area (Å²) in [5.74, 6) is -3.05. The number of nitrogens with zero attached hydrogens (tertiary/aromatic N) is 3. The number of alkyl halides is 2. The lowest BCUT2D eigenvalue weighted by molar-refractivity contribution is -0.185. The zero-order valence-corrected chi connectivity index (χ0v) is 24.2. The van der Waals surface area contributed by atoms with Gasteiger partial charge >= 0.3 is 6.01 Å². The van der Waals surface area contributed by atoms with Gasteiger partial charge in [0.15, 0.2) is 11.4 Å². The van der Waals surface area contributed by atoms with Gasteiger partial charge in [0.2, 0.25) is 5.91 Å². The van der Waals surface area contributed by atoms with E-state index in [9.17, 15) is 9.59 Å². The third-order valence-electron chi connectivity index (χ3n) is 8.26. The summed E-state index contributed by atoms with van der Waals surface area (Å²) in [5, 5.41) is 6.75. The van der Waals surface area contributed by atoms with Gasteiger partial charge in [-0.15, -0.1) is 0 Å². The van der Waals surface area contributed by atoms with E-state index in [1.807, 2.05) is 31.7 Å². The summed E-state index contributed by atoms with van der Waals surface area (Å²) in [6, 6.07) is 12.6. The molecule has 11 heteroatoms. The lowest BCUT2D eigenvalue weighted by atomic mass is 9.79. The molecule has 42 heavy (non-hydrogen) atoms. The van der Waals surface area contributed by atoms with Crippen molar-refractivity contribution in [2.24, 2.45) is 11.7 Å². The van der Waals surface area contributed by atoms with Crippen molar-refractivity contribution < 1.29 is 27.6 Å². The number of hydrogen-bond acceptors (Lipinski definition) is 7. The fraction of sp³-hybridized carbons (Fsp3) is 0.484. The molecule has 1 unspecified atom stereocenters. The van der Waals surface area contributed by atoms with Gasteiger partial charge in [-0.3, -0.25) is 9.59 Å². The molecule has 9 nitrogen and oxygen atoms in total. The number of hydrogen-bond donors (Lipinski definition) is 2. The summed E-state index contributed by atoms with van der Waals surface area (Å²) < 4.78 is 42.9. The monoisotopic (exact) mass is 581 g/mol. The number of carbonyl (C=O) groups excluding carboxylic acids is 2. The first kappa shape index (κ1) is 29.5. The first-order valence-corrected chi connectivity index (χ1v) is 14.5. The van der Waals surface area contributed by atoms with Crippen LogP contribution < -0.4 is 20.7 Å². The lowest BCUT2D eigenvalue weighted by Gasteiger charge is -2.48. The zero-order chi connectivity index (χ0) is 30.1. The van der Waals surface area contributed by atoms with Crippen LogP contribution in [-0.4, -0.2) is 53.1 Å². The molecule has 0 aliphatic carbocycles. The van der Waals surface area contributed by atoms with E-state index in [1.165, 1.54) is 0 Å². The van der Waals surface area contributed by atoms with Crippen LogP contribution in [0.2, 0.25) is 0 Å². The van der Waals surface area contributed by atoms with Crippen molar-refractivity contribution in [3.63, 3.8) is 0 Å². The minimum absolute atomic E-state index is 0.112. The highest BCUT2D eigenvalue weighted by molar-refractivity contribution is 5.95. The average Bonchev–Trinajstić information content (AvgIpc) is 3.47. The summed E-state index contributed by atoms with van der Waals surface area (Å²) in [7, 11) is 0. The molecular formula is C31H37F2N5O4. The highest BCUT2D eigenvalue weighted by atomic mass is 19.3. The number of amides is 2. The van der Waals surface area contributed by atoms with Crippen LogP contribution in [0.4, 0.5) is 14.8 Å². The third kappa shape index (κ3) is 5.82. The molecule has 3 heterocycles. The topological polar surface area (TPSA) is 124 Å². The molecule has 1 atom stereocenters. The van der Waals surface area contributed by atoms with Gasteiger partial charge in [0, 0.05) is 55.9 Å². The van der Waals surface area contributed by atoms with Gasteiger partial charge in [-0.2, -0.15) is 4.98 Å². The molecule has 1 aromatic heterocycles. The van der Waals surface area contributed by atoms with Crippen molar-refractivity contribution in [3.8, 4) is 16.9 Å². The first-order chi connectivity index (χ1) is 20.0. The number of carbonyl (C=O) groups is 2. The summed E-state index contributed by atoms with van der Waals surface area (Å²) >= 11 is 0. The molecule has 0 saturated carbocycles. The Hall–Kier alpha value is -4.02. The number of nitrogens with one attached hydrogen (secondary N) is 1. The van der Waals surface area contributed by atoms with Gasteiger partial charge in [0.1, 0.15) is 5.75 Å². The Balaban J connectivity index is 1.25. The minimum Gasteiger partial charge on any atom is -0.481 e. The number of nitrogens with two attached hydrogens (primary N) is 1. The SMILES string of the molecule is CCCC(CNC(=O)c1ccc(-c2ccc3c(c2)CC(F)(F)C2(CCN(c4nc(C(C)C)no4)CC2)O3)cc1)C(N)=O. The molecular weight excluding hydrogens is 544 g/mol. The van der Waals surface area contributed by atoms with Crippen LogP contribution in [0.15, 0.2) is 47.0 Å². The molecule has 2 amide bonds. The van der Waals surface area contributed by atoms with Crippen molar-refractivity contribution in [3.05, 3.63) is 59.4 Å². The molecule has 1 fully saturated rings. The summed E-state index contributed by atoms with van der Waals surface area (Å²) in [6.07, 6.45) is 1.23. The second-order valence-corrected chi connectivity index (χ2v) is 11.6. The molecule has 3 aromatic rings. The van der Waals surface area contributed by atoms with Crippen molar-refractivity contribution in [2.45, 2.75) is 70.3 Å². The van der Waals surface area contributed by atoms with Gasteiger partial charge in [-0.25, -0.2) is 8.78 Å². The number of rotatable bonds is 9. The van der Waals surface area contributed by atoms with E-state index in [0.717, 1.165) is 17.5 Å². The van der Waals surface area contributed by atoms with E-state index in [-0.39, 0.29) is 31.2 Å². The Kier molecular flexibility index (Phi) is 8.21. The molecule has 1 saturated heterocycles. The van der Waals surface area contributed by atoms with Gasteiger partial charge in [-0.1, -0.05) is 50.5 Å². The summed E-state index contributed by atoms with van der Waals surface area (Å²) in [4.78, 5) is 30.4. The summed E-state index contributed by atoms with van der Waals surface area (Å²) in [5.41, 5.74) is 6.23. The predicted molar refractivity (Wildman–Crippen MR) is 154 cm³/mol. The molecule has 0 radical (unpaired) electrons. The Labute approximate surface area is 243 Å². The molecule has 3 N–H and O–H groups in total. The van der Waals surface area contributed by atoms with Crippen LogP contribution in [0, 0.1) is 5.92 Å². The van der Waals surface area contributed by atoms with Crippen molar-refractivity contribution in [2.75, 3.05) is 24.5 Å². The number of piperidine rings is 1. The van der Waals surface area contributed by atoms with Crippen LogP contribution in [-0.2, 0) is 11.2 Å². The zero-order valence-electron chi connectivity index (χ0n) is 24.2. The van der Waals surface area contributed by atoms with Crippen LogP contribution in [0.25, 0.3) is 11.1 Å². The van der Waals surface area contributed by atoms with Crippen molar-refractivity contribution in [1.29, 1.82) is 0 Å². The van der Waals surface area contributed by atoms with E-state index in [4.69, 9.17) is 15.0 Å². The Bertz CT molecular complexity index is 1430. The third-order valence-corrected chi connectivity index (χ3v) is 8.26. The van der Waals surface area contributed by atoms with Gasteiger partial charge in [-0.05, 0) is 41.8 Å². The maximum Gasteiger partial charge on any atom is 0.324 e. The quantitative estimate of drug-likeness (QED) is 0.360. The molecule has 1 spiro atoms. The smallest absolute Gasteiger partial charge is 0.324 e. The number of ether oxygens (including phenoxy) is 1. The molecule has 2 aliphatic rings. The van der Waals surface area contributed by atoms with Crippen LogP contribution >= 0.6 is 0 Å². The minimum atomic E-state index is -3.06. The van der Waals surface area contributed by atoms with Gasteiger partial charge in [0.25, 0.3) is 11.8 Å². The number of aromatic nitrogens is 2. The molecule has 224 valence electrons. The lowest BCUT2D eigenvalue weighted by Crippen LogP contribution is -2.61. The highest BCUT2D eigenvalue weighted by Crippen LogP contribution is 2.49. The molecule has 0 bridgehead atoms. The number of primary amides is 1. The maximum atomic E-state index is 15.7. The highest BCUT2D eigenvalue weighted by Gasteiger charge is 2.59. The Morgan fingerprint density at radius 2 is 1.79 bits per heavy atom. The fourth-order valence-corrected chi connectivity index (χ4v) is 5.62. The van der Waals surface area contributed by atoms with Crippen molar-refractivity contribution in [1.82, 2.24) is 15.5 Å². The number of fused-ring (bicyclic) bond motifs is 1. The molecule has 2 aliphatic heterocycles. The average molecular weight is 582 g/mol. The number of benzene rings is 2. The number of halogens is 2. The molecule has 5 rings (SSSR count). The van der Waals surface area contributed by atoms with E-state index in [0.29, 0.717) is 48.2 Å². The van der Waals surface area contributed by atoms with Crippen LogP contribution in [0.1, 0.15) is 74.1 Å². The standard InChI is InChI=1S/C31H37F2N5O4/c1-4-5-23(26(34)39)18-35-28(40)21-8-6-20(7-9-21)22-10-11-25-24(16-22)17-31(32,33)30(41-25)12-14-38(15-13-30)29-36-27(19(2)3)37-42-29/h6-11,16,19,23H,4-5,12-15,17-18H2,1-3H3,(H2,34,39)(H,35,40). The van der Waals surface area contributed by atoms with Gasteiger partial charge < -0.3 is 25.2 Å². The maximum absolute atomic E-state index is 15.7. The Morgan fingerprint density at radius 1 is 1.10 bits per heavy atom. The second-order valence-electron chi connectivity index (χ2n) is 11.6. The van der Waals surface area contributed by atoms with Crippen LogP contribution in [0.5, 0.6) is 5.75 Å². The Morgan fingerprint density at radius 3 is 2.40 bits per heavy atom. The van der Waals surface area contributed by atoms with Crippen LogP contribution in [0.3, 0.4) is 0 Å². The van der Waals surface area contributed by atoms with E-state index in [1.54, 1.807) is 36.4 Å². The molecule has 2 aromatic carbocycles. The summed E-state index contributed by atoms with van der Waals surface area (Å²) in [6.45, 7) is 6.71. The van der Waals surface area contributed by atoms with E-state index in [2.05, 4.69) is 15.5 Å². The predicted octanol–water partition coefficient (Wildman–Crippen LogP) is 5.10. The van der Waals surface area contributed by atoms with E-state index >= 15 is 8.78 Å². The fourth-order valence-electron chi connectivity index (χ4n) is 5.62. The largest absolute Gasteiger partial charge is 0.481 e. The first-order valence-electron chi connectivity index (χ1n) is 14.5. The number of anilines is 1. The van der Waals surface area contributed by atoms with Crippen molar-refractivity contribution >= 4 is 17.8 Å². The normalized spacial score (nSPS) is 17.9.